The van der Waals surface area contributed by atoms with E-state index in [-0.39, 0.29) is 11.6 Å². The van der Waals surface area contributed by atoms with Crippen LogP contribution < -0.4 is 15.0 Å². The van der Waals surface area contributed by atoms with Crippen LogP contribution in [0, 0.1) is 0 Å². The van der Waals surface area contributed by atoms with Crippen molar-refractivity contribution in [3.63, 3.8) is 0 Å². The summed E-state index contributed by atoms with van der Waals surface area (Å²) in [6.45, 7) is 2.70. The normalized spacial score (nSPS) is 14.0. The Hall–Kier alpha value is -3.26. The second-order valence-electron chi connectivity index (χ2n) is 6.63. The van der Waals surface area contributed by atoms with Crippen LogP contribution in [0.2, 0.25) is 5.02 Å². The lowest BCUT2D eigenvalue weighted by Crippen LogP contribution is -2.49. The fourth-order valence-electron chi connectivity index (χ4n) is 3.28. The fourth-order valence-corrected chi connectivity index (χ4v) is 3.47. The van der Waals surface area contributed by atoms with Gasteiger partial charge in [0.25, 0.3) is 5.91 Å². The minimum absolute atomic E-state index is 0.155. The van der Waals surface area contributed by atoms with E-state index in [9.17, 15) is 4.79 Å². The number of anilines is 3. The van der Waals surface area contributed by atoms with Gasteiger partial charge in [0.2, 0.25) is 0 Å². The predicted octanol–water partition coefficient (Wildman–Crippen LogP) is 3.17. The van der Waals surface area contributed by atoms with Gasteiger partial charge in [-0.2, -0.15) is 5.21 Å². The van der Waals surface area contributed by atoms with Crippen LogP contribution in [0.4, 0.5) is 17.2 Å². The van der Waals surface area contributed by atoms with E-state index in [4.69, 9.17) is 16.3 Å². The largest absolute Gasteiger partial charge is 0.497 e. The molecule has 1 amide bonds. The van der Waals surface area contributed by atoms with E-state index in [2.05, 4.69) is 25.6 Å². The highest BCUT2D eigenvalue weighted by molar-refractivity contribution is 6.30. The van der Waals surface area contributed by atoms with Gasteiger partial charge in [-0.3, -0.25) is 4.79 Å². The number of aromatic amines is 1. The van der Waals surface area contributed by atoms with E-state index >= 15 is 0 Å². The van der Waals surface area contributed by atoms with Crippen LogP contribution in [0.25, 0.3) is 0 Å². The molecule has 0 saturated carbocycles. The van der Waals surface area contributed by atoms with Crippen LogP contribution in [0.15, 0.2) is 48.5 Å². The quantitative estimate of drug-likeness (QED) is 0.669. The van der Waals surface area contributed by atoms with Crippen molar-refractivity contribution in [3.8, 4) is 5.75 Å². The highest BCUT2D eigenvalue weighted by Gasteiger charge is 2.26. The number of rotatable bonds is 5. The van der Waals surface area contributed by atoms with Crippen LogP contribution in [0.1, 0.15) is 10.5 Å². The lowest BCUT2D eigenvalue weighted by molar-refractivity contribution is 0.0742. The second-order valence-corrected chi connectivity index (χ2v) is 7.07. The van der Waals surface area contributed by atoms with Crippen LogP contribution in [0.3, 0.4) is 0 Å². The van der Waals surface area contributed by atoms with Crippen molar-refractivity contribution in [1.82, 2.24) is 20.3 Å². The van der Waals surface area contributed by atoms with E-state index in [0.29, 0.717) is 23.9 Å². The molecule has 2 N–H and O–H groups in total. The lowest BCUT2D eigenvalue weighted by atomic mass is 10.2. The number of carbonyl (C=O) groups excluding carboxylic acids is 1. The average molecular weight is 413 g/mol. The van der Waals surface area contributed by atoms with Gasteiger partial charge in [-0.25, -0.2) is 0 Å². The number of nitrogens with one attached hydrogen (secondary N) is 2. The van der Waals surface area contributed by atoms with E-state index < -0.39 is 0 Å². The van der Waals surface area contributed by atoms with E-state index in [1.165, 1.54) is 0 Å². The first-order valence-electron chi connectivity index (χ1n) is 9.25. The first-order valence-corrected chi connectivity index (χ1v) is 9.63. The summed E-state index contributed by atoms with van der Waals surface area (Å²) in [5.41, 5.74) is 2.12. The number of H-pyrrole nitrogens is 1. The minimum atomic E-state index is -0.155. The maximum absolute atomic E-state index is 13.0. The van der Waals surface area contributed by atoms with Crippen molar-refractivity contribution in [1.29, 1.82) is 0 Å². The number of aromatic nitrogens is 3. The number of carbonyl (C=O) groups is 1. The Morgan fingerprint density at radius 2 is 1.86 bits per heavy atom. The summed E-state index contributed by atoms with van der Waals surface area (Å²) < 4.78 is 5.21. The summed E-state index contributed by atoms with van der Waals surface area (Å²) in [4.78, 5) is 17.0. The molecule has 0 atom stereocenters. The number of methoxy groups -OCH3 is 1. The molecular weight excluding hydrogens is 392 g/mol. The molecule has 2 heterocycles. The van der Waals surface area contributed by atoms with E-state index in [1.54, 1.807) is 24.1 Å². The maximum atomic E-state index is 13.0. The molecule has 1 aliphatic heterocycles. The van der Waals surface area contributed by atoms with Crippen LogP contribution in [-0.2, 0) is 0 Å². The maximum Gasteiger partial charge on any atom is 0.278 e. The Morgan fingerprint density at radius 3 is 2.55 bits per heavy atom. The molecule has 1 aromatic heterocycles. The van der Waals surface area contributed by atoms with Crippen molar-refractivity contribution in [3.05, 3.63) is 59.2 Å². The Bertz CT molecular complexity index is 983. The average Bonchev–Trinajstić information content (AvgIpc) is 3.21. The van der Waals surface area contributed by atoms with Gasteiger partial charge in [0.1, 0.15) is 5.75 Å². The third-order valence-corrected chi connectivity index (χ3v) is 5.08. The van der Waals surface area contributed by atoms with Crippen LogP contribution in [-0.4, -0.2) is 59.5 Å². The minimum Gasteiger partial charge on any atom is -0.497 e. The van der Waals surface area contributed by atoms with Gasteiger partial charge in [-0.1, -0.05) is 17.7 Å². The van der Waals surface area contributed by atoms with Gasteiger partial charge in [0.05, 0.1) is 7.11 Å². The van der Waals surface area contributed by atoms with Gasteiger partial charge >= 0.3 is 0 Å². The Morgan fingerprint density at radius 1 is 1.10 bits per heavy atom. The van der Waals surface area contributed by atoms with Gasteiger partial charge in [-0.05, 0) is 42.5 Å². The second kappa shape index (κ2) is 8.40. The zero-order valence-corrected chi connectivity index (χ0v) is 16.7. The van der Waals surface area contributed by atoms with E-state index in [1.807, 2.05) is 36.4 Å². The van der Waals surface area contributed by atoms with Crippen molar-refractivity contribution in [2.24, 2.45) is 0 Å². The molecule has 0 bridgehead atoms. The molecule has 0 unspecified atom stereocenters. The molecule has 8 nitrogen and oxygen atoms in total. The Labute approximate surface area is 173 Å². The molecule has 1 saturated heterocycles. The molecule has 1 fully saturated rings. The SMILES string of the molecule is COc1ccc(N2CCN(C(=O)c3n[nH]nc3Nc3cccc(Cl)c3)CC2)cc1. The first-order chi connectivity index (χ1) is 14.1. The number of hydrogen-bond donors (Lipinski definition) is 2. The molecule has 3 aromatic rings. The van der Waals surface area contributed by atoms with Crippen molar-refractivity contribution < 1.29 is 9.53 Å². The smallest absolute Gasteiger partial charge is 0.278 e. The third kappa shape index (κ3) is 4.27. The predicted molar refractivity (Wildman–Crippen MR) is 112 cm³/mol. The number of amides is 1. The molecule has 29 heavy (non-hydrogen) atoms. The van der Waals surface area contributed by atoms with Crippen molar-refractivity contribution in [2.45, 2.75) is 0 Å². The van der Waals surface area contributed by atoms with Gasteiger partial charge in [0, 0.05) is 42.6 Å². The van der Waals surface area contributed by atoms with Gasteiger partial charge < -0.3 is 19.9 Å². The molecule has 0 spiro atoms. The first kappa shape index (κ1) is 19.1. The topological polar surface area (TPSA) is 86.4 Å². The van der Waals surface area contributed by atoms with Crippen molar-refractivity contribution >= 4 is 34.7 Å². The van der Waals surface area contributed by atoms with Gasteiger partial charge in [0.15, 0.2) is 11.5 Å². The fraction of sp³-hybridized carbons (Fsp3) is 0.250. The summed E-state index contributed by atoms with van der Waals surface area (Å²) >= 11 is 6.02. The summed E-state index contributed by atoms with van der Waals surface area (Å²) in [5.74, 6) is 1.06. The molecule has 2 aromatic carbocycles. The molecule has 1 aliphatic rings. The highest BCUT2D eigenvalue weighted by atomic mass is 35.5. The van der Waals surface area contributed by atoms with Crippen molar-refractivity contribution in [2.75, 3.05) is 43.5 Å². The number of nitrogens with zero attached hydrogens (tertiary/aromatic N) is 4. The Kier molecular flexibility index (Phi) is 5.53. The van der Waals surface area contributed by atoms with Crippen LogP contribution >= 0.6 is 11.6 Å². The van der Waals surface area contributed by atoms with Crippen LogP contribution in [0.5, 0.6) is 5.75 Å². The zero-order chi connectivity index (χ0) is 20.2. The zero-order valence-electron chi connectivity index (χ0n) is 15.9. The summed E-state index contributed by atoms with van der Waals surface area (Å²) in [6.07, 6.45) is 0. The number of benzene rings is 2. The number of hydrogen-bond acceptors (Lipinski definition) is 6. The molecule has 150 valence electrons. The lowest BCUT2D eigenvalue weighted by Gasteiger charge is -2.35. The molecule has 4 rings (SSSR count). The number of piperazine rings is 1. The third-order valence-electron chi connectivity index (χ3n) is 4.84. The Balaban J connectivity index is 1.40. The highest BCUT2D eigenvalue weighted by Crippen LogP contribution is 2.23. The standard InChI is InChI=1S/C20H21ClN6O2/c1-29-17-7-5-16(6-8-17)26-9-11-27(12-10-26)20(28)18-19(24-25-23-18)22-15-4-2-3-14(21)13-15/h2-8,13H,9-12H2,1H3,(H2,22,23,24,25). The summed E-state index contributed by atoms with van der Waals surface area (Å²) in [6, 6.07) is 15.2. The molecule has 9 heteroatoms. The summed E-state index contributed by atoms with van der Waals surface area (Å²) in [5, 5.41) is 14.4. The van der Waals surface area contributed by atoms with E-state index in [0.717, 1.165) is 30.2 Å². The number of ether oxygens (including phenoxy) is 1. The molecule has 0 radical (unpaired) electrons. The monoisotopic (exact) mass is 412 g/mol. The summed E-state index contributed by atoms with van der Waals surface area (Å²) in [7, 11) is 1.65. The number of halogens is 1. The molecule has 0 aliphatic carbocycles. The molecular formula is C20H21ClN6O2. The van der Waals surface area contributed by atoms with Gasteiger partial charge in [-0.15, -0.1) is 10.2 Å².